The highest BCUT2D eigenvalue weighted by molar-refractivity contribution is 5.68. The van der Waals surface area contributed by atoms with Gasteiger partial charge >= 0.3 is 12.2 Å². The maximum Gasteiger partial charge on any atom is 0.407 e. The molecule has 0 bridgehead atoms. The van der Waals surface area contributed by atoms with E-state index >= 15 is 0 Å². The summed E-state index contributed by atoms with van der Waals surface area (Å²) in [5.74, 6) is 0. The monoisotopic (exact) mass is 402 g/mol. The van der Waals surface area contributed by atoms with E-state index in [4.69, 9.17) is 9.47 Å². The number of hydrogen-bond donors (Lipinski definition) is 4. The summed E-state index contributed by atoms with van der Waals surface area (Å²) < 4.78 is 10.2. The Labute approximate surface area is 168 Å². The van der Waals surface area contributed by atoms with Crippen LogP contribution in [0.5, 0.6) is 0 Å². The Morgan fingerprint density at radius 1 is 0.714 bits per heavy atom. The fourth-order valence-corrected chi connectivity index (χ4v) is 3.14. The molecule has 0 radical (unpaired) electrons. The van der Waals surface area contributed by atoms with E-state index in [2.05, 4.69) is 10.6 Å². The van der Waals surface area contributed by atoms with Crippen molar-refractivity contribution >= 4 is 12.2 Å². The molecule has 28 heavy (non-hydrogen) atoms. The van der Waals surface area contributed by atoms with Crippen molar-refractivity contribution in [3.05, 3.63) is 0 Å². The third-order valence-corrected chi connectivity index (χ3v) is 4.36. The van der Waals surface area contributed by atoms with Gasteiger partial charge in [0.15, 0.2) is 0 Å². The topological polar surface area (TPSA) is 117 Å². The summed E-state index contributed by atoms with van der Waals surface area (Å²) in [4.78, 5) is 22.6. The summed E-state index contributed by atoms with van der Waals surface area (Å²) in [5.41, 5.74) is -0.957. The number of carbonyl (C=O) groups is 2. The van der Waals surface area contributed by atoms with Gasteiger partial charge in [0.1, 0.15) is 11.2 Å². The van der Waals surface area contributed by atoms with Crippen LogP contribution in [-0.4, -0.2) is 57.9 Å². The lowest BCUT2D eigenvalue weighted by atomic mass is 10.2. The zero-order valence-electron chi connectivity index (χ0n) is 18.1. The SMILES string of the molecule is CC(C)(C)OC(=O)N[C@@H]1CCC[C@H]1O.CC(C)(C)OC(=O)N[C@H]1CCC[C@@H]1O. The van der Waals surface area contributed by atoms with Gasteiger partial charge in [0.25, 0.3) is 0 Å². The summed E-state index contributed by atoms with van der Waals surface area (Å²) >= 11 is 0. The Balaban J connectivity index is 0.000000280. The van der Waals surface area contributed by atoms with Gasteiger partial charge in [0.2, 0.25) is 0 Å². The van der Waals surface area contributed by atoms with E-state index in [1.165, 1.54) is 0 Å². The van der Waals surface area contributed by atoms with E-state index in [1.54, 1.807) is 0 Å². The molecule has 0 spiro atoms. The lowest BCUT2D eigenvalue weighted by Gasteiger charge is -2.22. The molecule has 2 aliphatic rings. The van der Waals surface area contributed by atoms with Crippen molar-refractivity contribution in [3.8, 4) is 0 Å². The van der Waals surface area contributed by atoms with E-state index in [9.17, 15) is 19.8 Å². The second kappa shape index (κ2) is 10.3. The van der Waals surface area contributed by atoms with Crippen molar-refractivity contribution < 1.29 is 29.3 Å². The Kier molecular flexibility index (Phi) is 9.01. The van der Waals surface area contributed by atoms with Crippen LogP contribution in [0, 0.1) is 0 Å². The smallest absolute Gasteiger partial charge is 0.407 e. The second-order valence-corrected chi connectivity index (χ2v) is 9.50. The number of aliphatic hydroxyl groups excluding tert-OH is 2. The maximum absolute atomic E-state index is 11.3. The molecule has 4 N–H and O–H groups in total. The maximum atomic E-state index is 11.3. The summed E-state index contributed by atoms with van der Waals surface area (Å²) in [7, 11) is 0. The molecule has 0 heterocycles. The highest BCUT2D eigenvalue weighted by Crippen LogP contribution is 2.20. The van der Waals surface area contributed by atoms with Crippen molar-refractivity contribution in [2.24, 2.45) is 0 Å². The van der Waals surface area contributed by atoms with Gasteiger partial charge in [-0.1, -0.05) is 0 Å². The molecule has 2 saturated carbocycles. The number of amides is 2. The van der Waals surface area contributed by atoms with Crippen LogP contribution in [0.1, 0.15) is 80.1 Å². The van der Waals surface area contributed by atoms with E-state index in [0.717, 1.165) is 38.5 Å². The Hall–Kier alpha value is -1.54. The van der Waals surface area contributed by atoms with Crippen molar-refractivity contribution in [2.75, 3.05) is 0 Å². The van der Waals surface area contributed by atoms with E-state index in [1.807, 2.05) is 41.5 Å². The third-order valence-electron chi connectivity index (χ3n) is 4.36. The molecule has 2 amide bonds. The number of alkyl carbamates (subject to hydrolysis) is 2. The Morgan fingerprint density at radius 3 is 1.25 bits per heavy atom. The van der Waals surface area contributed by atoms with Gasteiger partial charge in [0.05, 0.1) is 24.3 Å². The highest BCUT2D eigenvalue weighted by Gasteiger charge is 2.29. The lowest BCUT2D eigenvalue weighted by Crippen LogP contribution is -2.42. The number of hydrogen-bond acceptors (Lipinski definition) is 6. The van der Waals surface area contributed by atoms with Crippen LogP contribution in [0.2, 0.25) is 0 Å². The number of aliphatic hydroxyl groups is 2. The quantitative estimate of drug-likeness (QED) is 0.564. The molecule has 2 fully saturated rings. The van der Waals surface area contributed by atoms with Crippen molar-refractivity contribution in [2.45, 2.75) is 116 Å². The molecule has 2 rings (SSSR count). The van der Waals surface area contributed by atoms with Crippen LogP contribution in [0.15, 0.2) is 0 Å². The molecular formula is C20H38N2O6. The largest absolute Gasteiger partial charge is 0.444 e. The first kappa shape index (κ1) is 24.5. The molecule has 0 aromatic heterocycles. The van der Waals surface area contributed by atoms with E-state index in [-0.39, 0.29) is 12.1 Å². The number of rotatable bonds is 2. The zero-order valence-corrected chi connectivity index (χ0v) is 18.1. The van der Waals surface area contributed by atoms with Crippen molar-refractivity contribution in [1.29, 1.82) is 0 Å². The molecule has 0 aromatic carbocycles. The van der Waals surface area contributed by atoms with Crippen LogP contribution < -0.4 is 10.6 Å². The van der Waals surface area contributed by atoms with E-state index < -0.39 is 35.6 Å². The number of nitrogens with one attached hydrogen (secondary N) is 2. The van der Waals surface area contributed by atoms with Crippen LogP contribution >= 0.6 is 0 Å². The van der Waals surface area contributed by atoms with Gasteiger partial charge in [-0.2, -0.15) is 0 Å². The summed E-state index contributed by atoms with van der Waals surface area (Å²) in [6.45, 7) is 10.9. The number of carbonyl (C=O) groups excluding carboxylic acids is 2. The Bertz CT molecular complexity index is 466. The number of ether oxygens (including phenoxy) is 2. The van der Waals surface area contributed by atoms with Crippen molar-refractivity contribution in [3.63, 3.8) is 0 Å². The molecule has 4 atom stereocenters. The molecule has 2 aliphatic carbocycles. The first-order chi connectivity index (χ1) is 12.8. The van der Waals surface area contributed by atoms with Crippen LogP contribution in [0.3, 0.4) is 0 Å². The van der Waals surface area contributed by atoms with Gasteiger partial charge in [-0.3, -0.25) is 0 Å². The predicted molar refractivity (Wildman–Crippen MR) is 106 cm³/mol. The molecule has 8 heteroatoms. The third kappa shape index (κ3) is 10.1. The normalized spacial score (nSPS) is 27.4. The summed E-state index contributed by atoms with van der Waals surface area (Å²) in [6.07, 6.45) is 3.40. The minimum absolute atomic E-state index is 0.134. The second-order valence-electron chi connectivity index (χ2n) is 9.50. The lowest BCUT2D eigenvalue weighted by molar-refractivity contribution is 0.0441. The van der Waals surface area contributed by atoms with Gasteiger partial charge < -0.3 is 30.3 Å². The standard InChI is InChI=1S/2C10H19NO3/c2*1-10(2,3)14-9(13)11-7-5-4-6-8(7)12/h2*7-8,12H,4-6H2,1-3H3,(H,11,13)/t2*7-,8-/m10/s1. The van der Waals surface area contributed by atoms with Crippen LogP contribution in [-0.2, 0) is 9.47 Å². The molecular weight excluding hydrogens is 364 g/mol. The van der Waals surface area contributed by atoms with E-state index in [0.29, 0.717) is 0 Å². The first-order valence-electron chi connectivity index (χ1n) is 10.1. The van der Waals surface area contributed by atoms with Crippen LogP contribution in [0.25, 0.3) is 0 Å². The minimum atomic E-state index is -0.479. The fraction of sp³-hybridized carbons (Fsp3) is 0.900. The average molecular weight is 403 g/mol. The molecule has 8 nitrogen and oxygen atoms in total. The Morgan fingerprint density at radius 2 is 1.04 bits per heavy atom. The van der Waals surface area contributed by atoms with Gasteiger partial charge in [-0.05, 0) is 80.1 Å². The average Bonchev–Trinajstić information content (AvgIpc) is 3.05. The molecule has 0 unspecified atom stereocenters. The van der Waals surface area contributed by atoms with Crippen molar-refractivity contribution in [1.82, 2.24) is 10.6 Å². The molecule has 0 aromatic rings. The highest BCUT2D eigenvalue weighted by atomic mass is 16.6. The van der Waals surface area contributed by atoms with Gasteiger partial charge in [-0.25, -0.2) is 9.59 Å². The first-order valence-corrected chi connectivity index (χ1v) is 10.1. The summed E-state index contributed by atoms with van der Waals surface area (Å²) in [5, 5.41) is 24.3. The van der Waals surface area contributed by atoms with Gasteiger partial charge in [-0.15, -0.1) is 0 Å². The molecule has 0 saturated heterocycles. The minimum Gasteiger partial charge on any atom is -0.444 e. The zero-order chi connectivity index (χ0) is 21.5. The summed E-state index contributed by atoms with van der Waals surface area (Å²) in [6, 6.07) is -0.269. The molecule has 164 valence electrons. The fourth-order valence-electron chi connectivity index (χ4n) is 3.14. The molecule has 0 aliphatic heterocycles. The van der Waals surface area contributed by atoms with Crippen LogP contribution in [0.4, 0.5) is 9.59 Å². The van der Waals surface area contributed by atoms with Gasteiger partial charge in [0, 0.05) is 0 Å². The predicted octanol–water partition coefficient (Wildman–Crippen LogP) is 2.85.